The highest BCUT2D eigenvalue weighted by atomic mass is 16.6. The van der Waals surface area contributed by atoms with Crippen molar-refractivity contribution in [2.75, 3.05) is 13.2 Å². The lowest BCUT2D eigenvalue weighted by molar-refractivity contribution is -0.152. The van der Waals surface area contributed by atoms with Crippen molar-refractivity contribution in [1.82, 2.24) is 0 Å². The van der Waals surface area contributed by atoms with Gasteiger partial charge in [0.05, 0.1) is 19.1 Å². The van der Waals surface area contributed by atoms with Crippen LogP contribution in [-0.4, -0.2) is 36.4 Å². The molecule has 0 saturated carbocycles. The van der Waals surface area contributed by atoms with Crippen molar-refractivity contribution in [3.63, 3.8) is 0 Å². The first-order valence-electron chi connectivity index (χ1n) is 8.45. The van der Waals surface area contributed by atoms with E-state index in [9.17, 15) is 9.59 Å². The van der Waals surface area contributed by atoms with Crippen LogP contribution in [0, 0.1) is 29.6 Å². The van der Waals surface area contributed by atoms with Gasteiger partial charge in [0.1, 0.15) is 6.10 Å². The molecule has 0 radical (unpaired) electrons. The van der Waals surface area contributed by atoms with Crippen LogP contribution in [0.5, 0.6) is 0 Å². The molecule has 2 atom stereocenters. The number of rotatable bonds is 9. The first-order valence-corrected chi connectivity index (χ1v) is 8.45. The molecule has 0 aromatic rings. The van der Waals surface area contributed by atoms with E-state index in [1.165, 1.54) is 19.1 Å². The van der Waals surface area contributed by atoms with Crippen molar-refractivity contribution in [1.29, 1.82) is 0 Å². The van der Waals surface area contributed by atoms with Gasteiger partial charge in [0.2, 0.25) is 0 Å². The number of hydrogen-bond donors (Lipinski definition) is 1. The Bertz CT molecular complexity index is 635. The van der Waals surface area contributed by atoms with Gasteiger partial charge in [0.25, 0.3) is 0 Å². The number of aliphatic hydroxyl groups excluding tert-OH is 1. The number of carbonyl (C=O) groups excluding carboxylic acids is 2. The minimum absolute atomic E-state index is 0.0486. The van der Waals surface area contributed by atoms with E-state index < -0.39 is 6.10 Å². The Kier molecular flexibility index (Phi) is 14.1. The smallest absolute Gasteiger partial charge is 0.309 e. The highest BCUT2D eigenvalue weighted by molar-refractivity contribution is 5.72. The van der Waals surface area contributed by atoms with Gasteiger partial charge in [-0.05, 0) is 36.5 Å². The Morgan fingerprint density at radius 2 is 1.85 bits per heavy atom. The molecule has 0 bridgehead atoms. The van der Waals surface area contributed by atoms with Crippen LogP contribution in [0.15, 0.2) is 36.5 Å². The zero-order valence-corrected chi connectivity index (χ0v) is 15.5. The standard InChI is InChI=1S/C21H26O5/c1-4-18(2)21(24)26-20(15-17-25-19(3)23)14-12-10-8-6-5-7-9-11-13-16-22/h8,10-14,18,20,22H,4,15-17H2,1-3H3/b10-8-,13-11+,14-12+/t18-,20-/m1/s1. The molecular formula is C21H26O5. The minimum atomic E-state index is -0.475. The van der Waals surface area contributed by atoms with E-state index in [0.29, 0.717) is 12.8 Å². The van der Waals surface area contributed by atoms with Crippen molar-refractivity contribution >= 4 is 11.9 Å². The summed E-state index contributed by atoms with van der Waals surface area (Å²) in [6.07, 6.45) is 10.4. The fraction of sp³-hybridized carbons (Fsp3) is 0.429. The zero-order chi connectivity index (χ0) is 19.6. The number of hydrogen-bond acceptors (Lipinski definition) is 5. The lowest BCUT2D eigenvalue weighted by Crippen LogP contribution is -2.22. The van der Waals surface area contributed by atoms with Gasteiger partial charge in [-0.3, -0.25) is 9.59 Å². The number of ether oxygens (including phenoxy) is 2. The summed E-state index contributed by atoms with van der Waals surface area (Å²) in [5, 5.41) is 8.53. The quantitative estimate of drug-likeness (QED) is 0.390. The first kappa shape index (κ1) is 23.2. The topological polar surface area (TPSA) is 72.8 Å². The molecule has 0 saturated heterocycles. The minimum Gasteiger partial charge on any atom is -0.466 e. The monoisotopic (exact) mass is 358 g/mol. The molecule has 0 aromatic heterocycles. The lowest BCUT2D eigenvalue weighted by Gasteiger charge is -2.16. The van der Waals surface area contributed by atoms with E-state index in [-0.39, 0.29) is 31.1 Å². The number of aliphatic hydroxyl groups is 1. The summed E-state index contributed by atoms with van der Waals surface area (Å²) < 4.78 is 10.3. The van der Waals surface area contributed by atoms with E-state index in [4.69, 9.17) is 14.6 Å². The molecule has 0 aliphatic heterocycles. The van der Waals surface area contributed by atoms with Crippen LogP contribution in [0.3, 0.4) is 0 Å². The molecule has 26 heavy (non-hydrogen) atoms. The van der Waals surface area contributed by atoms with Gasteiger partial charge in [-0.15, -0.1) is 0 Å². The average Bonchev–Trinajstić information content (AvgIpc) is 2.61. The van der Waals surface area contributed by atoms with Crippen LogP contribution in [-0.2, 0) is 19.1 Å². The predicted molar refractivity (Wildman–Crippen MR) is 101 cm³/mol. The molecule has 1 N–H and O–H groups in total. The maximum Gasteiger partial charge on any atom is 0.309 e. The SMILES string of the molecule is CC[C@@H](C)C(=O)O[C@H](/C=C/C=C\C#CC#C/C=C/CO)CCOC(C)=O. The second-order valence-electron chi connectivity index (χ2n) is 5.28. The van der Waals surface area contributed by atoms with Crippen molar-refractivity contribution in [3.8, 4) is 23.7 Å². The summed E-state index contributed by atoms with van der Waals surface area (Å²) in [5.41, 5.74) is 0. The van der Waals surface area contributed by atoms with Gasteiger partial charge in [-0.25, -0.2) is 0 Å². The van der Waals surface area contributed by atoms with E-state index in [0.717, 1.165) is 0 Å². The molecule has 0 aromatic carbocycles. The molecular weight excluding hydrogens is 332 g/mol. The summed E-state index contributed by atoms with van der Waals surface area (Å²) in [7, 11) is 0. The van der Waals surface area contributed by atoms with Crippen LogP contribution in [0.25, 0.3) is 0 Å². The summed E-state index contributed by atoms with van der Waals surface area (Å²) in [5.74, 6) is 9.78. The molecule has 0 spiro atoms. The van der Waals surface area contributed by atoms with Gasteiger partial charge >= 0.3 is 11.9 Å². The van der Waals surface area contributed by atoms with Crippen molar-refractivity contribution < 1.29 is 24.2 Å². The van der Waals surface area contributed by atoms with Crippen molar-refractivity contribution in [2.24, 2.45) is 5.92 Å². The Morgan fingerprint density at radius 3 is 2.46 bits per heavy atom. The van der Waals surface area contributed by atoms with Crippen molar-refractivity contribution in [3.05, 3.63) is 36.5 Å². The Morgan fingerprint density at radius 1 is 1.15 bits per heavy atom. The second-order valence-corrected chi connectivity index (χ2v) is 5.28. The summed E-state index contributed by atoms with van der Waals surface area (Å²) in [6, 6.07) is 0. The molecule has 0 heterocycles. The van der Waals surface area contributed by atoms with Gasteiger partial charge in [-0.2, -0.15) is 0 Å². The van der Waals surface area contributed by atoms with Crippen LogP contribution < -0.4 is 0 Å². The van der Waals surface area contributed by atoms with E-state index in [2.05, 4.69) is 23.7 Å². The molecule has 5 nitrogen and oxygen atoms in total. The predicted octanol–water partition coefficient (Wildman–Crippen LogP) is 2.57. The Hall–Kier alpha value is -2.76. The van der Waals surface area contributed by atoms with Gasteiger partial charge in [-0.1, -0.05) is 43.9 Å². The number of allylic oxidation sites excluding steroid dienone is 4. The number of esters is 2. The third-order valence-corrected chi connectivity index (χ3v) is 3.12. The molecule has 0 rings (SSSR count). The summed E-state index contributed by atoms with van der Waals surface area (Å²) in [4.78, 5) is 22.8. The molecule has 5 heteroatoms. The first-order chi connectivity index (χ1) is 12.5. The van der Waals surface area contributed by atoms with Crippen molar-refractivity contribution in [2.45, 2.75) is 39.7 Å². The third kappa shape index (κ3) is 13.7. The molecule has 0 aliphatic rings. The van der Waals surface area contributed by atoms with E-state index >= 15 is 0 Å². The largest absolute Gasteiger partial charge is 0.466 e. The maximum atomic E-state index is 11.9. The van der Waals surface area contributed by atoms with E-state index in [1.807, 2.05) is 6.92 Å². The highest BCUT2D eigenvalue weighted by Crippen LogP contribution is 2.09. The molecule has 0 unspecified atom stereocenters. The summed E-state index contributed by atoms with van der Waals surface area (Å²) in [6.45, 7) is 5.19. The van der Waals surface area contributed by atoms with Gasteiger partial charge < -0.3 is 14.6 Å². The maximum absolute atomic E-state index is 11.9. The normalized spacial score (nSPS) is 12.9. The molecule has 0 fully saturated rings. The summed E-state index contributed by atoms with van der Waals surface area (Å²) >= 11 is 0. The Balaban J connectivity index is 4.64. The average molecular weight is 358 g/mol. The zero-order valence-electron chi connectivity index (χ0n) is 15.5. The Labute approximate surface area is 155 Å². The van der Waals surface area contributed by atoms with Crippen LogP contribution in [0.2, 0.25) is 0 Å². The molecule has 140 valence electrons. The van der Waals surface area contributed by atoms with Gasteiger partial charge in [0, 0.05) is 13.3 Å². The van der Waals surface area contributed by atoms with E-state index in [1.54, 1.807) is 31.2 Å². The van der Waals surface area contributed by atoms with Gasteiger partial charge in [0.15, 0.2) is 0 Å². The second kappa shape index (κ2) is 15.7. The molecule has 0 amide bonds. The van der Waals surface area contributed by atoms with Crippen LogP contribution >= 0.6 is 0 Å². The van der Waals surface area contributed by atoms with Crippen LogP contribution in [0.1, 0.15) is 33.6 Å². The fourth-order valence-corrected chi connectivity index (χ4v) is 1.50. The lowest BCUT2D eigenvalue weighted by atomic mass is 10.1. The fourth-order valence-electron chi connectivity index (χ4n) is 1.50. The molecule has 0 aliphatic carbocycles. The van der Waals surface area contributed by atoms with Crippen LogP contribution in [0.4, 0.5) is 0 Å². The third-order valence-electron chi connectivity index (χ3n) is 3.12. The highest BCUT2D eigenvalue weighted by Gasteiger charge is 2.17. The number of carbonyl (C=O) groups is 2.